The van der Waals surface area contributed by atoms with Crippen molar-refractivity contribution in [2.45, 2.75) is 44.6 Å². The number of carbonyl (C=O) groups is 1. The number of hydrogen-bond donors (Lipinski definition) is 1. The van der Waals surface area contributed by atoms with E-state index >= 15 is 4.39 Å². The highest BCUT2D eigenvalue weighted by atomic mass is 35.5. The van der Waals surface area contributed by atoms with E-state index < -0.39 is 29.4 Å². The number of allylic oxidation sites excluding steroid dienone is 1. The molecule has 2 heterocycles. The molecule has 200 valence electrons. The number of pyridine rings is 1. The van der Waals surface area contributed by atoms with Gasteiger partial charge in [-0.15, -0.1) is 0 Å². The molecule has 0 saturated carbocycles. The fourth-order valence-electron chi connectivity index (χ4n) is 4.37. The molecule has 1 saturated heterocycles. The van der Waals surface area contributed by atoms with Gasteiger partial charge in [0.25, 0.3) is 5.91 Å². The summed E-state index contributed by atoms with van der Waals surface area (Å²) >= 11 is 5.98. The normalized spacial score (nSPS) is 23.2. The maximum absolute atomic E-state index is 15.6. The number of amides is 1. The average Bonchev–Trinajstić information content (AvgIpc) is 2.86. The smallest absolute Gasteiger partial charge is 0.417 e. The molecule has 1 fully saturated rings. The number of carbonyl (C=O) groups excluding carboxylic acids is 1. The van der Waals surface area contributed by atoms with Crippen molar-refractivity contribution in [3.8, 4) is 5.88 Å². The maximum atomic E-state index is 15.6. The van der Waals surface area contributed by atoms with Crippen LogP contribution in [0.4, 0.5) is 17.6 Å². The van der Waals surface area contributed by atoms with E-state index in [9.17, 15) is 18.0 Å². The number of halogens is 5. The summed E-state index contributed by atoms with van der Waals surface area (Å²) in [5.41, 5.74) is 4.63. The summed E-state index contributed by atoms with van der Waals surface area (Å²) in [6, 6.07) is 8.06. The Morgan fingerprint density at radius 1 is 1.30 bits per heavy atom. The molecule has 1 amide bonds. The van der Waals surface area contributed by atoms with E-state index in [1.165, 1.54) is 18.2 Å². The summed E-state index contributed by atoms with van der Waals surface area (Å²) in [4.78, 5) is 22.7. The Morgan fingerprint density at radius 3 is 2.51 bits per heavy atom. The quantitative estimate of drug-likeness (QED) is 0.283. The second kappa shape index (κ2) is 11.5. The Morgan fingerprint density at radius 2 is 1.97 bits per heavy atom. The van der Waals surface area contributed by atoms with Crippen molar-refractivity contribution in [2.24, 2.45) is 16.6 Å². The van der Waals surface area contributed by atoms with Crippen molar-refractivity contribution in [3.05, 3.63) is 64.4 Å². The first-order chi connectivity index (χ1) is 17.4. The molecule has 37 heavy (non-hydrogen) atoms. The standard InChI is InChI=1S/C26H29ClF4N4O2/c1-4-25(28)11-16(2)21(14-37-22-10-7-18(12-34-22)26(29,30)31)35(15-25)24(36)23(32)20(13-33-3)17-5-8-19(27)9-6-17/h5-10,12-13,16,21H,4,11,14-15,32H2,1-3H3. The Bertz CT molecular complexity index is 1150. The van der Waals surface area contributed by atoms with Crippen molar-refractivity contribution >= 4 is 29.3 Å². The lowest BCUT2D eigenvalue weighted by molar-refractivity contribution is -0.140. The van der Waals surface area contributed by atoms with Crippen molar-refractivity contribution in [3.63, 3.8) is 0 Å². The zero-order valence-electron chi connectivity index (χ0n) is 20.7. The third-order valence-corrected chi connectivity index (χ3v) is 6.74. The van der Waals surface area contributed by atoms with Gasteiger partial charge in [0.1, 0.15) is 18.0 Å². The van der Waals surface area contributed by atoms with E-state index in [0.717, 1.165) is 12.1 Å². The molecule has 0 aliphatic carbocycles. The van der Waals surface area contributed by atoms with E-state index in [1.807, 2.05) is 0 Å². The number of piperidine rings is 1. The molecule has 0 bridgehead atoms. The molecule has 3 unspecified atom stereocenters. The van der Waals surface area contributed by atoms with Crippen LogP contribution in [0.2, 0.25) is 5.02 Å². The Hall–Kier alpha value is -3.14. The Labute approximate surface area is 218 Å². The highest BCUT2D eigenvalue weighted by molar-refractivity contribution is 6.30. The van der Waals surface area contributed by atoms with Gasteiger partial charge in [0.15, 0.2) is 0 Å². The topological polar surface area (TPSA) is 80.8 Å². The molecule has 11 heteroatoms. The number of likely N-dealkylation sites (tertiary alicyclic amines) is 1. The molecule has 1 aliphatic heterocycles. The van der Waals surface area contributed by atoms with Gasteiger partial charge in [0.05, 0.1) is 18.2 Å². The van der Waals surface area contributed by atoms with Gasteiger partial charge in [-0.2, -0.15) is 13.2 Å². The third kappa shape index (κ3) is 6.80. The van der Waals surface area contributed by atoms with Gasteiger partial charge >= 0.3 is 6.18 Å². The van der Waals surface area contributed by atoms with Crippen LogP contribution in [0.5, 0.6) is 5.88 Å². The maximum Gasteiger partial charge on any atom is 0.417 e. The van der Waals surface area contributed by atoms with Gasteiger partial charge in [-0.25, -0.2) is 9.37 Å². The molecule has 1 aromatic heterocycles. The second-order valence-corrected chi connectivity index (χ2v) is 9.54. The summed E-state index contributed by atoms with van der Waals surface area (Å²) in [5.74, 6) is -0.965. The number of benzene rings is 1. The molecule has 2 N–H and O–H groups in total. The summed E-state index contributed by atoms with van der Waals surface area (Å²) in [6.45, 7) is 3.20. The molecule has 0 spiro atoms. The summed E-state index contributed by atoms with van der Waals surface area (Å²) in [7, 11) is 1.54. The zero-order chi connectivity index (χ0) is 27.4. The van der Waals surface area contributed by atoms with Crippen molar-refractivity contribution < 1.29 is 27.1 Å². The largest absolute Gasteiger partial charge is 0.475 e. The number of alkyl halides is 4. The van der Waals surface area contributed by atoms with Crippen LogP contribution in [-0.4, -0.2) is 53.9 Å². The number of ether oxygens (including phenoxy) is 1. The van der Waals surface area contributed by atoms with Crippen LogP contribution < -0.4 is 10.5 Å². The van der Waals surface area contributed by atoms with Gasteiger partial charge in [-0.3, -0.25) is 9.79 Å². The van der Waals surface area contributed by atoms with Crippen molar-refractivity contribution in [1.82, 2.24) is 9.88 Å². The van der Waals surface area contributed by atoms with Crippen LogP contribution in [0.15, 0.2) is 53.3 Å². The lowest BCUT2D eigenvalue weighted by Crippen LogP contribution is -2.59. The lowest BCUT2D eigenvalue weighted by Gasteiger charge is -2.46. The van der Waals surface area contributed by atoms with Gasteiger partial charge < -0.3 is 15.4 Å². The number of aromatic nitrogens is 1. The lowest BCUT2D eigenvalue weighted by atomic mass is 9.81. The van der Waals surface area contributed by atoms with Crippen molar-refractivity contribution in [1.29, 1.82) is 0 Å². The van der Waals surface area contributed by atoms with Gasteiger partial charge in [0, 0.05) is 36.1 Å². The number of nitrogens with two attached hydrogens (primary N) is 1. The van der Waals surface area contributed by atoms with E-state index in [1.54, 1.807) is 38.1 Å². The van der Waals surface area contributed by atoms with Crippen LogP contribution in [0, 0.1) is 5.92 Å². The number of aliphatic imine (C=N–C) groups is 1. The first kappa shape index (κ1) is 28.4. The molecular formula is C26H29ClF4N4O2. The van der Waals surface area contributed by atoms with E-state index in [-0.39, 0.29) is 43.5 Å². The Balaban J connectivity index is 1.92. The minimum Gasteiger partial charge on any atom is -0.475 e. The summed E-state index contributed by atoms with van der Waals surface area (Å²) in [5, 5.41) is 0.505. The molecular weight excluding hydrogens is 512 g/mol. The highest BCUT2D eigenvalue weighted by Gasteiger charge is 2.45. The SMILES string of the molecule is CCC1(F)CC(C)C(COc2ccc(C(F)(F)F)cn2)N(C(=O)C(N)=C(C=NC)c2ccc(Cl)cc2)C1. The molecule has 3 atom stereocenters. The van der Waals surface area contributed by atoms with Crippen LogP contribution in [0.3, 0.4) is 0 Å². The second-order valence-electron chi connectivity index (χ2n) is 9.10. The predicted octanol–water partition coefficient (Wildman–Crippen LogP) is 5.56. The van der Waals surface area contributed by atoms with Gasteiger partial charge in [-0.1, -0.05) is 37.6 Å². The monoisotopic (exact) mass is 540 g/mol. The highest BCUT2D eigenvalue weighted by Crippen LogP contribution is 2.37. The van der Waals surface area contributed by atoms with E-state index in [4.69, 9.17) is 22.1 Å². The average molecular weight is 541 g/mol. The van der Waals surface area contributed by atoms with Gasteiger partial charge in [-0.05, 0) is 42.5 Å². The molecule has 0 radical (unpaired) electrons. The van der Waals surface area contributed by atoms with Crippen LogP contribution in [-0.2, 0) is 11.0 Å². The Kier molecular flexibility index (Phi) is 8.84. The van der Waals surface area contributed by atoms with Crippen LogP contribution >= 0.6 is 11.6 Å². The zero-order valence-corrected chi connectivity index (χ0v) is 21.5. The fraction of sp³-hybridized carbons (Fsp3) is 0.423. The summed E-state index contributed by atoms with van der Waals surface area (Å²) in [6.07, 6.45) is -2.02. The third-order valence-electron chi connectivity index (χ3n) is 6.49. The first-order valence-corrected chi connectivity index (χ1v) is 12.1. The predicted molar refractivity (Wildman–Crippen MR) is 135 cm³/mol. The van der Waals surface area contributed by atoms with E-state index in [2.05, 4.69) is 9.98 Å². The number of hydrogen-bond acceptors (Lipinski definition) is 5. The molecule has 1 aromatic carbocycles. The van der Waals surface area contributed by atoms with E-state index in [0.29, 0.717) is 22.4 Å². The van der Waals surface area contributed by atoms with Crippen LogP contribution in [0.1, 0.15) is 37.8 Å². The van der Waals surface area contributed by atoms with Gasteiger partial charge in [0.2, 0.25) is 5.88 Å². The van der Waals surface area contributed by atoms with Crippen LogP contribution in [0.25, 0.3) is 5.57 Å². The molecule has 6 nitrogen and oxygen atoms in total. The minimum atomic E-state index is -4.52. The van der Waals surface area contributed by atoms with Crippen molar-refractivity contribution in [2.75, 3.05) is 20.2 Å². The molecule has 3 rings (SSSR count). The molecule has 2 aromatic rings. The minimum absolute atomic E-state index is 0.0383. The number of rotatable bonds is 7. The number of nitrogens with zero attached hydrogens (tertiary/aromatic N) is 3. The summed E-state index contributed by atoms with van der Waals surface area (Å²) < 4.78 is 59.8. The first-order valence-electron chi connectivity index (χ1n) is 11.7. The molecule has 1 aliphatic rings. The fourth-order valence-corrected chi connectivity index (χ4v) is 4.50.